The lowest BCUT2D eigenvalue weighted by molar-refractivity contribution is -0.146. The van der Waals surface area contributed by atoms with Gasteiger partial charge in [0.2, 0.25) is 0 Å². The molecule has 2 aliphatic rings. The smallest absolute Gasteiger partial charge is 0.324 e. The van der Waals surface area contributed by atoms with Crippen molar-refractivity contribution in [3.63, 3.8) is 0 Å². The molecule has 0 radical (unpaired) electrons. The van der Waals surface area contributed by atoms with Crippen molar-refractivity contribution >= 4 is 5.97 Å². The highest BCUT2D eigenvalue weighted by Gasteiger charge is 2.48. The monoisotopic (exact) mass is 283 g/mol. The van der Waals surface area contributed by atoms with Crippen LogP contribution in [0.5, 0.6) is 0 Å². The lowest BCUT2D eigenvalue weighted by atomic mass is 9.84. The molecule has 2 fully saturated rings. The van der Waals surface area contributed by atoms with Crippen molar-refractivity contribution in [3.8, 4) is 0 Å². The second kappa shape index (κ2) is 7.41. The molecule has 0 aromatic carbocycles. The zero-order chi connectivity index (χ0) is 14.4. The first kappa shape index (κ1) is 15.8. The van der Waals surface area contributed by atoms with E-state index in [1.54, 1.807) is 0 Å². The van der Waals surface area contributed by atoms with Gasteiger partial charge >= 0.3 is 5.97 Å². The largest absolute Gasteiger partial charge is 0.480 e. The van der Waals surface area contributed by atoms with E-state index >= 15 is 0 Å². The van der Waals surface area contributed by atoms with Gasteiger partial charge in [0.25, 0.3) is 0 Å². The van der Waals surface area contributed by atoms with Gasteiger partial charge in [0, 0.05) is 13.2 Å². The first-order valence-corrected chi connectivity index (χ1v) is 8.25. The van der Waals surface area contributed by atoms with Crippen LogP contribution in [0.15, 0.2) is 0 Å². The van der Waals surface area contributed by atoms with Crippen molar-refractivity contribution in [2.45, 2.75) is 63.8 Å². The minimum atomic E-state index is -0.703. The fraction of sp³-hybridized carbons (Fsp3) is 0.938. The van der Waals surface area contributed by atoms with E-state index in [-0.39, 0.29) is 5.92 Å². The Labute approximate surface area is 122 Å². The van der Waals surface area contributed by atoms with Crippen LogP contribution in [-0.4, -0.2) is 36.4 Å². The molecule has 2 atom stereocenters. The van der Waals surface area contributed by atoms with E-state index < -0.39 is 11.5 Å². The van der Waals surface area contributed by atoms with Crippen LogP contribution < -0.4 is 5.32 Å². The number of likely N-dealkylation sites (N-methyl/N-ethyl adjacent to an activating group) is 1. The van der Waals surface area contributed by atoms with Gasteiger partial charge in [0.05, 0.1) is 0 Å². The van der Waals surface area contributed by atoms with Crippen LogP contribution in [0.2, 0.25) is 0 Å². The number of aliphatic carboxylic acids is 1. The number of ether oxygens (including phenoxy) is 1. The van der Waals surface area contributed by atoms with Crippen molar-refractivity contribution < 1.29 is 14.6 Å². The topological polar surface area (TPSA) is 58.6 Å². The van der Waals surface area contributed by atoms with E-state index in [1.165, 1.54) is 25.7 Å². The van der Waals surface area contributed by atoms with E-state index in [0.29, 0.717) is 13.2 Å². The summed E-state index contributed by atoms with van der Waals surface area (Å²) in [5.74, 6) is 0.276. The van der Waals surface area contributed by atoms with E-state index in [9.17, 15) is 9.90 Å². The van der Waals surface area contributed by atoms with Crippen molar-refractivity contribution in [1.29, 1.82) is 0 Å². The summed E-state index contributed by atoms with van der Waals surface area (Å²) in [5.41, 5.74) is -0.703. The number of carboxylic acids is 1. The van der Waals surface area contributed by atoms with Crippen LogP contribution in [0.3, 0.4) is 0 Å². The molecule has 0 bridgehead atoms. The molecule has 0 amide bonds. The Bertz CT molecular complexity index is 315. The van der Waals surface area contributed by atoms with Crippen LogP contribution in [-0.2, 0) is 9.53 Å². The fourth-order valence-corrected chi connectivity index (χ4v) is 4.03. The molecular weight excluding hydrogens is 254 g/mol. The van der Waals surface area contributed by atoms with Crippen molar-refractivity contribution in [1.82, 2.24) is 5.32 Å². The molecule has 0 spiro atoms. The summed E-state index contributed by atoms with van der Waals surface area (Å²) in [5, 5.41) is 12.8. The maximum absolute atomic E-state index is 11.7. The van der Waals surface area contributed by atoms with Gasteiger partial charge in [-0.3, -0.25) is 4.79 Å². The Hall–Kier alpha value is -0.610. The van der Waals surface area contributed by atoms with E-state index in [1.807, 2.05) is 6.92 Å². The number of hydrogen-bond acceptors (Lipinski definition) is 3. The number of carboxylic acid groups (broad SMARTS) is 1. The molecular formula is C16H29NO3. The highest BCUT2D eigenvalue weighted by molar-refractivity contribution is 5.79. The Kier molecular flexibility index (Phi) is 5.85. The van der Waals surface area contributed by atoms with Crippen molar-refractivity contribution in [2.75, 3.05) is 19.8 Å². The normalized spacial score (nSPS) is 30.9. The molecule has 0 aromatic rings. The minimum absolute atomic E-state index is 0.212. The van der Waals surface area contributed by atoms with Gasteiger partial charge in [-0.15, -0.1) is 0 Å². The maximum Gasteiger partial charge on any atom is 0.324 e. The summed E-state index contributed by atoms with van der Waals surface area (Å²) in [4.78, 5) is 11.7. The lowest BCUT2D eigenvalue weighted by Crippen LogP contribution is -2.54. The summed E-state index contributed by atoms with van der Waals surface area (Å²) in [7, 11) is 0. The summed E-state index contributed by atoms with van der Waals surface area (Å²) in [6, 6.07) is 0. The Morgan fingerprint density at radius 1 is 1.30 bits per heavy atom. The van der Waals surface area contributed by atoms with Crippen LogP contribution in [0.25, 0.3) is 0 Å². The SMILES string of the molecule is CCNC1(C(=O)O)CCCC1CCOCC1CCCC1. The third-order valence-corrected chi connectivity index (χ3v) is 5.13. The average molecular weight is 283 g/mol. The fourth-order valence-electron chi connectivity index (χ4n) is 4.03. The molecule has 20 heavy (non-hydrogen) atoms. The predicted octanol–water partition coefficient (Wildman–Crippen LogP) is 2.82. The van der Waals surface area contributed by atoms with Crippen molar-refractivity contribution in [2.24, 2.45) is 11.8 Å². The van der Waals surface area contributed by atoms with Gasteiger partial charge in [-0.1, -0.05) is 26.2 Å². The molecule has 0 heterocycles. The highest BCUT2D eigenvalue weighted by Crippen LogP contribution is 2.38. The van der Waals surface area contributed by atoms with Crippen LogP contribution in [0.1, 0.15) is 58.3 Å². The quantitative estimate of drug-likeness (QED) is 0.673. The first-order valence-electron chi connectivity index (χ1n) is 8.25. The highest BCUT2D eigenvalue weighted by atomic mass is 16.5. The number of rotatable bonds is 8. The zero-order valence-electron chi connectivity index (χ0n) is 12.7. The van der Waals surface area contributed by atoms with E-state index in [0.717, 1.165) is 38.2 Å². The average Bonchev–Trinajstić information content (AvgIpc) is 3.05. The summed E-state index contributed by atoms with van der Waals surface area (Å²) >= 11 is 0. The second-order valence-corrected chi connectivity index (χ2v) is 6.41. The lowest BCUT2D eigenvalue weighted by Gasteiger charge is -2.32. The van der Waals surface area contributed by atoms with Crippen LogP contribution in [0, 0.1) is 11.8 Å². The minimum Gasteiger partial charge on any atom is -0.480 e. The first-order chi connectivity index (χ1) is 9.69. The molecule has 2 saturated carbocycles. The van der Waals surface area contributed by atoms with Crippen molar-refractivity contribution in [3.05, 3.63) is 0 Å². The third kappa shape index (κ3) is 3.53. The second-order valence-electron chi connectivity index (χ2n) is 6.41. The molecule has 116 valence electrons. The molecule has 0 aliphatic heterocycles. The molecule has 2 aliphatic carbocycles. The number of carbonyl (C=O) groups is 1. The standard InChI is InChI=1S/C16H29NO3/c1-2-17-16(15(18)19)10-5-8-14(16)9-11-20-12-13-6-3-4-7-13/h13-14,17H,2-12H2,1H3,(H,18,19). The van der Waals surface area contributed by atoms with Gasteiger partial charge in [-0.2, -0.15) is 0 Å². The molecule has 2 rings (SSSR count). The van der Waals surface area contributed by atoms with Crippen LogP contribution >= 0.6 is 0 Å². The molecule has 2 N–H and O–H groups in total. The summed E-state index contributed by atoms with van der Waals surface area (Å²) in [6.45, 7) is 4.28. The zero-order valence-corrected chi connectivity index (χ0v) is 12.7. The Morgan fingerprint density at radius 2 is 2.05 bits per heavy atom. The summed E-state index contributed by atoms with van der Waals surface area (Å²) < 4.78 is 5.81. The predicted molar refractivity (Wildman–Crippen MR) is 78.8 cm³/mol. The van der Waals surface area contributed by atoms with E-state index in [2.05, 4.69) is 5.32 Å². The Balaban J connectivity index is 1.76. The number of hydrogen-bond donors (Lipinski definition) is 2. The van der Waals surface area contributed by atoms with Gasteiger partial charge in [0.15, 0.2) is 0 Å². The third-order valence-electron chi connectivity index (χ3n) is 5.13. The van der Waals surface area contributed by atoms with Gasteiger partial charge in [-0.05, 0) is 50.5 Å². The van der Waals surface area contributed by atoms with Crippen LogP contribution in [0.4, 0.5) is 0 Å². The van der Waals surface area contributed by atoms with Gasteiger partial charge in [-0.25, -0.2) is 0 Å². The van der Waals surface area contributed by atoms with Gasteiger partial charge < -0.3 is 15.2 Å². The molecule has 0 saturated heterocycles. The Morgan fingerprint density at radius 3 is 2.70 bits per heavy atom. The molecule has 4 nitrogen and oxygen atoms in total. The maximum atomic E-state index is 11.7. The molecule has 0 aromatic heterocycles. The molecule has 2 unspecified atom stereocenters. The van der Waals surface area contributed by atoms with E-state index in [4.69, 9.17) is 4.74 Å². The molecule has 4 heteroatoms. The number of nitrogens with one attached hydrogen (secondary N) is 1. The summed E-state index contributed by atoms with van der Waals surface area (Å²) in [6.07, 6.45) is 8.94. The van der Waals surface area contributed by atoms with Gasteiger partial charge in [0.1, 0.15) is 5.54 Å².